The maximum Gasteiger partial charge on any atom is 0.304 e. The van der Waals surface area contributed by atoms with Crippen molar-refractivity contribution in [2.45, 2.75) is 0 Å². The summed E-state index contributed by atoms with van der Waals surface area (Å²) in [5.41, 5.74) is 0.364. The largest absolute Gasteiger partial charge is 0.426 e. The molecule has 0 saturated carbocycles. The molecule has 0 fully saturated rings. The fraction of sp³-hybridized carbons (Fsp3) is 0. The monoisotopic (exact) mass is 228 g/mol. The molecule has 0 spiro atoms. The molecule has 84 valence electrons. The van der Waals surface area contributed by atoms with Gasteiger partial charge in [0, 0.05) is 0 Å². The lowest BCUT2D eigenvalue weighted by Gasteiger charge is -2.02. The van der Waals surface area contributed by atoms with Gasteiger partial charge in [-0.1, -0.05) is 18.2 Å². The number of rotatable bonds is 2. The Labute approximate surface area is 95.3 Å². The van der Waals surface area contributed by atoms with Gasteiger partial charge in [0.05, 0.1) is 6.33 Å². The molecule has 6 heteroatoms. The van der Waals surface area contributed by atoms with Gasteiger partial charge in [-0.3, -0.25) is 9.78 Å². The van der Waals surface area contributed by atoms with E-state index in [-0.39, 0.29) is 11.6 Å². The fourth-order valence-corrected chi connectivity index (χ4v) is 1.47. The van der Waals surface area contributed by atoms with Crippen LogP contribution < -0.4 is 10.3 Å². The minimum Gasteiger partial charge on any atom is -0.426 e. The van der Waals surface area contributed by atoms with E-state index in [4.69, 9.17) is 4.74 Å². The van der Waals surface area contributed by atoms with Gasteiger partial charge in [0.15, 0.2) is 11.2 Å². The number of benzene rings is 1. The van der Waals surface area contributed by atoms with Crippen molar-refractivity contribution in [1.29, 1.82) is 0 Å². The number of aromatic amines is 2. The number of para-hydroxylation sites is 1. The van der Waals surface area contributed by atoms with Crippen LogP contribution in [0, 0.1) is 0 Å². The lowest BCUT2D eigenvalue weighted by molar-refractivity contribution is 0.442. The van der Waals surface area contributed by atoms with E-state index < -0.39 is 0 Å². The number of fused-ring (bicyclic) bond motifs is 1. The number of imidazole rings is 1. The zero-order valence-electron chi connectivity index (χ0n) is 8.68. The SMILES string of the molecule is O=c1[nH]c(Oc2ccccc2)nc2nc[nH]c12. The first-order valence-electron chi connectivity index (χ1n) is 4.99. The van der Waals surface area contributed by atoms with Crippen molar-refractivity contribution in [3.63, 3.8) is 0 Å². The molecule has 0 radical (unpaired) electrons. The van der Waals surface area contributed by atoms with Crippen LogP contribution in [0.1, 0.15) is 0 Å². The normalized spacial score (nSPS) is 10.6. The summed E-state index contributed by atoms with van der Waals surface area (Å²) in [6.07, 6.45) is 1.42. The summed E-state index contributed by atoms with van der Waals surface area (Å²) < 4.78 is 5.42. The number of ether oxygens (including phenoxy) is 1. The zero-order valence-corrected chi connectivity index (χ0v) is 8.68. The summed E-state index contributed by atoms with van der Waals surface area (Å²) in [7, 11) is 0. The number of nitrogens with one attached hydrogen (secondary N) is 2. The Morgan fingerprint density at radius 2 is 2.00 bits per heavy atom. The predicted molar refractivity (Wildman–Crippen MR) is 61.0 cm³/mol. The minimum absolute atomic E-state index is 0.126. The van der Waals surface area contributed by atoms with Gasteiger partial charge in [0.25, 0.3) is 5.56 Å². The molecule has 3 rings (SSSR count). The van der Waals surface area contributed by atoms with Gasteiger partial charge in [-0.15, -0.1) is 0 Å². The molecule has 0 amide bonds. The molecular formula is C11H8N4O2. The topological polar surface area (TPSA) is 83.7 Å². The summed E-state index contributed by atoms with van der Waals surface area (Å²) in [5, 5.41) is 0. The van der Waals surface area contributed by atoms with E-state index in [1.54, 1.807) is 12.1 Å². The smallest absolute Gasteiger partial charge is 0.304 e. The Morgan fingerprint density at radius 1 is 1.18 bits per heavy atom. The highest BCUT2D eigenvalue weighted by Gasteiger charge is 2.06. The summed E-state index contributed by atoms with van der Waals surface area (Å²) in [5.74, 6) is 0.602. The van der Waals surface area contributed by atoms with Gasteiger partial charge in [-0.2, -0.15) is 4.98 Å². The highest BCUT2D eigenvalue weighted by Crippen LogP contribution is 2.16. The van der Waals surface area contributed by atoms with Gasteiger partial charge in [0.2, 0.25) is 0 Å². The average molecular weight is 228 g/mol. The molecule has 0 unspecified atom stereocenters. The lowest BCUT2D eigenvalue weighted by atomic mass is 10.3. The molecule has 6 nitrogen and oxygen atoms in total. The quantitative estimate of drug-likeness (QED) is 0.695. The van der Waals surface area contributed by atoms with Gasteiger partial charge >= 0.3 is 6.01 Å². The molecule has 0 aliphatic carbocycles. The van der Waals surface area contributed by atoms with Crippen molar-refractivity contribution in [2.24, 2.45) is 0 Å². The Kier molecular flexibility index (Phi) is 2.11. The summed E-state index contributed by atoms with van der Waals surface area (Å²) in [4.78, 5) is 24.8. The molecule has 17 heavy (non-hydrogen) atoms. The third-order valence-corrected chi connectivity index (χ3v) is 2.23. The molecule has 2 heterocycles. The van der Waals surface area contributed by atoms with E-state index in [9.17, 15) is 4.79 Å². The minimum atomic E-state index is -0.307. The van der Waals surface area contributed by atoms with E-state index in [1.807, 2.05) is 18.2 Å². The predicted octanol–water partition coefficient (Wildman–Crippen LogP) is 1.44. The van der Waals surface area contributed by atoms with Crippen LogP contribution in [-0.4, -0.2) is 19.9 Å². The molecule has 0 bridgehead atoms. The molecule has 2 aromatic heterocycles. The second kappa shape index (κ2) is 3.75. The Balaban J connectivity index is 2.04. The lowest BCUT2D eigenvalue weighted by Crippen LogP contribution is -2.09. The van der Waals surface area contributed by atoms with Crippen molar-refractivity contribution < 1.29 is 4.74 Å². The van der Waals surface area contributed by atoms with Crippen molar-refractivity contribution in [3.05, 3.63) is 47.0 Å². The van der Waals surface area contributed by atoms with Crippen molar-refractivity contribution in [2.75, 3.05) is 0 Å². The van der Waals surface area contributed by atoms with Crippen LogP contribution in [-0.2, 0) is 0 Å². The maximum absolute atomic E-state index is 11.6. The maximum atomic E-state index is 11.6. The standard InChI is InChI=1S/C11H8N4O2/c16-10-8-9(13-6-12-8)14-11(15-10)17-7-4-2-1-3-5-7/h1-6H,(H2,12,13,14,15,16). The molecule has 0 atom stereocenters. The van der Waals surface area contributed by atoms with E-state index >= 15 is 0 Å². The molecule has 2 N–H and O–H groups in total. The molecule has 1 aromatic carbocycles. The van der Waals surface area contributed by atoms with Crippen LogP contribution >= 0.6 is 0 Å². The number of nitrogens with zero attached hydrogens (tertiary/aromatic N) is 2. The number of hydrogen-bond acceptors (Lipinski definition) is 4. The third kappa shape index (κ3) is 1.76. The van der Waals surface area contributed by atoms with E-state index in [2.05, 4.69) is 19.9 Å². The molecule has 3 aromatic rings. The molecule has 0 aliphatic heterocycles. The first-order chi connectivity index (χ1) is 8.33. The van der Waals surface area contributed by atoms with Crippen LogP contribution in [0.15, 0.2) is 41.5 Å². The molecule has 0 aliphatic rings. The van der Waals surface area contributed by atoms with Gasteiger partial charge in [0.1, 0.15) is 5.75 Å². The van der Waals surface area contributed by atoms with E-state index in [0.29, 0.717) is 16.9 Å². The van der Waals surface area contributed by atoms with Crippen molar-refractivity contribution in [1.82, 2.24) is 19.9 Å². The summed E-state index contributed by atoms with van der Waals surface area (Å²) in [6, 6.07) is 9.21. The van der Waals surface area contributed by atoms with Crippen molar-refractivity contribution in [3.8, 4) is 11.8 Å². The van der Waals surface area contributed by atoms with Crippen LogP contribution in [0.4, 0.5) is 0 Å². The Morgan fingerprint density at radius 3 is 2.82 bits per heavy atom. The van der Waals surface area contributed by atoms with Crippen LogP contribution in [0.5, 0.6) is 11.8 Å². The van der Waals surface area contributed by atoms with Crippen molar-refractivity contribution >= 4 is 11.2 Å². The van der Waals surface area contributed by atoms with Gasteiger partial charge in [-0.05, 0) is 12.1 Å². The Bertz CT molecular complexity index is 702. The molecule has 0 saturated heterocycles. The average Bonchev–Trinajstić information content (AvgIpc) is 2.79. The van der Waals surface area contributed by atoms with Crippen LogP contribution in [0.3, 0.4) is 0 Å². The highest BCUT2D eigenvalue weighted by molar-refractivity contribution is 5.68. The Hall–Kier alpha value is -2.63. The van der Waals surface area contributed by atoms with Gasteiger partial charge < -0.3 is 9.72 Å². The third-order valence-electron chi connectivity index (χ3n) is 2.23. The molecular weight excluding hydrogens is 220 g/mol. The second-order valence-corrected chi connectivity index (χ2v) is 3.39. The first kappa shape index (κ1) is 9.59. The number of aromatic nitrogens is 4. The zero-order chi connectivity index (χ0) is 11.7. The highest BCUT2D eigenvalue weighted by atomic mass is 16.5. The second-order valence-electron chi connectivity index (χ2n) is 3.39. The number of H-pyrrole nitrogens is 2. The first-order valence-corrected chi connectivity index (χ1v) is 4.99. The van der Waals surface area contributed by atoms with Gasteiger partial charge in [-0.25, -0.2) is 4.98 Å². The summed E-state index contributed by atoms with van der Waals surface area (Å²) in [6.45, 7) is 0. The van der Waals surface area contributed by atoms with Crippen LogP contribution in [0.25, 0.3) is 11.2 Å². The number of hydrogen-bond donors (Lipinski definition) is 2. The summed E-state index contributed by atoms with van der Waals surface area (Å²) >= 11 is 0. The van der Waals surface area contributed by atoms with Crippen LogP contribution in [0.2, 0.25) is 0 Å². The van der Waals surface area contributed by atoms with E-state index in [0.717, 1.165) is 0 Å². The van der Waals surface area contributed by atoms with E-state index in [1.165, 1.54) is 6.33 Å². The fourth-order valence-electron chi connectivity index (χ4n) is 1.47.